The van der Waals surface area contributed by atoms with Crippen molar-refractivity contribution in [2.24, 2.45) is 0 Å². The Bertz CT molecular complexity index is 824. The number of rotatable bonds is 7. The molecule has 0 radical (unpaired) electrons. The van der Waals surface area contributed by atoms with Crippen LogP contribution in [0.5, 0.6) is 0 Å². The van der Waals surface area contributed by atoms with E-state index in [0.29, 0.717) is 23.2 Å². The predicted molar refractivity (Wildman–Crippen MR) is 96.1 cm³/mol. The number of amides is 1. The molecule has 4 rings (SSSR count). The van der Waals surface area contributed by atoms with Crippen molar-refractivity contribution in [3.8, 4) is 0 Å². The molecule has 1 aromatic carbocycles. The summed E-state index contributed by atoms with van der Waals surface area (Å²) < 4.78 is 2.24. The summed E-state index contributed by atoms with van der Waals surface area (Å²) >= 11 is 1.43. The number of carbonyl (C=O) groups is 2. The monoisotopic (exact) mass is 356 g/mol. The standard InChI is InChI=1S/C18H20N4O2S/c1-11(23)13-3-2-4-14(9-13)19-16(24)10-25-18-21-20-17(12-5-6-12)22(18)15-7-8-15/h2-4,9,12,15H,5-8,10H2,1H3,(H,19,24). The Morgan fingerprint density at radius 2 is 2.04 bits per heavy atom. The topological polar surface area (TPSA) is 76.9 Å². The molecule has 0 unspecified atom stereocenters. The van der Waals surface area contributed by atoms with Gasteiger partial charge in [-0.3, -0.25) is 9.59 Å². The largest absolute Gasteiger partial charge is 0.325 e. The van der Waals surface area contributed by atoms with Gasteiger partial charge in [-0.15, -0.1) is 10.2 Å². The zero-order valence-electron chi connectivity index (χ0n) is 14.1. The van der Waals surface area contributed by atoms with Crippen molar-refractivity contribution in [1.29, 1.82) is 0 Å². The third kappa shape index (κ3) is 3.76. The average molecular weight is 356 g/mol. The number of thioether (sulfide) groups is 1. The number of benzene rings is 1. The number of aromatic nitrogens is 3. The van der Waals surface area contributed by atoms with Crippen LogP contribution in [-0.2, 0) is 4.79 Å². The number of ketones is 1. The van der Waals surface area contributed by atoms with Crippen LogP contribution in [0, 0.1) is 0 Å². The second-order valence-electron chi connectivity index (χ2n) is 6.69. The van der Waals surface area contributed by atoms with E-state index in [0.717, 1.165) is 11.0 Å². The number of nitrogens with one attached hydrogen (secondary N) is 1. The first-order chi connectivity index (χ1) is 12.1. The van der Waals surface area contributed by atoms with Gasteiger partial charge >= 0.3 is 0 Å². The van der Waals surface area contributed by atoms with Crippen molar-refractivity contribution in [2.75, 3.05) is 11.1 Å². The van der Waals surface area contributed by atoms with Gasteiger partial charge < -0.3 is 9.88 Å². The van der Waals surface area contributed by atoms with Gasteiger partial charge in [0.15, 0.2) is 10.9 Å². The van der Waals surface area contributed by atoms with Gasteiger partial charge in [-0.2, -0.15) is 0 Å². The summed E-state index contributed by atoms with van der Waals surface area (Å²) in [6, 6.07) is 7.51. The Morgan fingerprint density at radius 3 is 2.72 bits per heavy atom. The molecule has 7 heteroatoms. The van der Waals surface area contributed by atoms with Gasteiger partial charge in [0.25, 0.3) is 0 Å². The van der Waals surface area contributed by atoms with E-state index in [2.05, 4.69) is 20.1 Å². The third-order valence-corrected chi connectivity index (χ3v) is 5.37. The minimum absolute atomic E-state index is 0.0179. The molecule has 0 atom stereocenters. The molecular weight excluding hydrogens is 336 g/mol. The molecule has 1 amide bonds. The van der Waals surface area contributed by atoms with Gasteiger partial charge in [-0.05, 0) is 44.7 Å². The van der Waals surface area contributed by atoms with Crippen LogP contribution >= 0.6 is 11.8 Å². The van der Waals surface area contributed by atoms with Crippen LogP contribution < -0.4 is 5.32 Å². The lowest BCUT2D eigenvalue weighted by molar-refractivity contribution is -0.113. The molecule has 25 heavy (non-hydrogen) atoms. The maximum Gasteiger partial charge on any atom is 0.234 e. The second kappa shape index (κ2) is 6.63. The molecule has 2 fully saturated rings. The quantitative estimate of drug-likeness (QED) is 0.607. The Balaban J connectivity index is 1.39. The molecule has 1 N–H and O–H groups in total. The Hall–Kier alpha value is -2.15. The number of Topliss-reactive ketones (excluding diaryl/α,β-unsaturated/α-hetero) is 1. The summed E-state index contributed by atoms with van der Waals surface area (Å²) in [5, 5.41) is 12.4. The van der Waals surface area contributed by atoms with Crippen molar-refractivity contribution in [3.05, 3.63) is 35.7 Å². The first-order valence-electron chi connectivity index (χ1n) is 8.60. The van der Waals surface area contributed by atoms with Crippen LogP contribution in [0.1, 0.15) is 60.7 Å². The fraction of sp³-hybridized carbons (Fsp3) is 0.444. The molecule has 2 aromatic rings. The van der Waals surface area contributed by atoms with E-state index in [4.69, 9.17) is 0 Å². The third-order valence-electron chi connectivity index (χ3n) is 4.43. The lowest BCUT2D eigenvalue weighted by atomic mass is 10.1. The molecule has 2 aliphatic carbocycles. The van der Waals surface area contributed by atoms with Gasteiger partial charge in [0, 0.05) is 23.2 Å². The number of nitrogens with zero attached hydrogens (tertiary/aromatic N) is 3. The van der Waals surface area contributed by atoms with Gasteiger partial charge in [-0.25, -0.2) is 0 Å². The summed E-state index contributed by atoms with van der Waals surface area (Å²) in [5.41, 5.74) is 1.23. The van der Waals surface area contributed by atoms with Gasteiger partial charge in [-0.1, -0.05) is 23.9 Å². The van der Waals surface area contributed by atoms with E-state index < -0.39 is 0 Å². The average Bonchev–Trinajstić information content (AvgIpc) is 3.52. The first kappa shape index (κ1) is 16.3. The molecule has 1 aromatic heterocycles. The number of anilines is 1. The molecule has 6 nitrogen and oxygen atoms in total. The summed E-state index contributed by atoms with van der Waals surface area (Å²) in [7, 11) is 0. The van der Waals surface area contributed by atoms with E-state index in [1.54, 1.807) is 24.3 Å². The fourth-order valence-electron chi connectivity index (χ4n) is 2.83. The smallest absolute Gasteiger partial charge is 0.234 e. The van der Waals surface area contributed by atoms with Crippen molar-refractivity contribution in [1.82, 2.24) is 14.8 Å². The Morgan fingerprint density at radius 1 is 1.24 bits per heavy atom. The maximum atomic E-state index is 12.2. The molecule has 2 saturated carbocycles. The maximum absolute atomic E-state index is 12.2. The Labute approximate surface area is 150 Å². The molecular formula is C18H20N4O2S. The minimum atomic E-state index is -0.107. The highest BCUT2D eigenvalue weighted by molar-refractivity contribution is 7.99. The highest BCUT2D eigenvalue weighted by atomic mass is 32.2. The number of carbonyl (C=O) groups excluding carboxylic acids is 2. The van der Waals surface area contributed by atoms with Crippen molar-refractivity contribution < 1.29 is 9.59 Å². The zero-order chi connectivity index (χ0) is 17.4. The fourth-order valence-corrected chi connectivity index (χ4v) is 3.64. The highest BCUT2D eigenvalue weighted by Gasteiger charge is 2.36. The number of hydrogen-bond donors (Lipinski definition) is 1. The lowest BCUT2D eigenvalue weighted by Gasteiger charge is -2.09. The van der Waals surface area contributed by atoms with E-state index in [1.807, 2.05) is 0 Å². The summed E-state index contributed by atoms with van der Waals surface area (Å²) in [6.45, 7) is 1.51. The van der Waals surface area contributed by atoms with Gasteiger partial charge in [0.05, 0.1) is 5.75 Å². The molecule has 2 aliphatic rings. The summed E-state index contributed by atoms with van der Waals surface area (Å²) in [4.78, 5) is 23.7. The van der Waals surface area contributed by atoms with E-state index in [1.165, 1.54) is 44.4 Å². The van der Waals surface area contributed by atoms with Crippen LogP contribution in [0.25, 0.3) is 0 Å². The molecule has 130 valence electrons. The predicted octanol–water partition coefficient (Wildman–Crippen LogP) is 3.42. The van der Waals surface area contributed by atoms with E-state index in [-0.39, 0.29) is 17.4 Å². The minimum Gasteiger partial charge on any atom is -0.325 e. The summed E-state index contributed by atoms with van der Waals surface area (Å²) in [6.07, 6.45) is 4.75. The normalized spacial score (nSPS) is 16.7. The SMILES string of the molecule is CC(=O)c1cccc(NC(=O)CSc2nnc(C3CC3)n2C2CC2)c1. The van der Waals surface area contributed by atoms with Crippen LogP contribution in [0.15, 0.2) is 29.4 Å². The molecule has 0 aliphatic heterocycles. The lowest BCUT2D eigenvalue weighted by Crippen LogP contribution is -2.15. The van der Waals surface area contributed by atoms with Crippen LogP contribution in [-0.4, -0.2) is 32.2 Å². The molecule has 0 bridgehead atoms. The summed E-state index contributed by atoms with van der Waals surface area (Å²) in [5.74, 6) is 1.81. The molecule has 0 saturated heterocycles. The number of hydrogen-bond acceptors (Lipinski definition) is 5. The van der Waals surface area contributed by atoms with Crippen LogP contribution in [0.2, 0.25) is 0 Å². The van der Waals surface area contributed by atoms with Crippen LogP contribution in [0.4, 0.5) is 5.69 Å². The first-order valence-corrected chi connectivity index (χ1v) is 9.59. The Kier molecular flexibility index (Phi) is 4.33. The van der Waals surface area contributed by atoms with E-state index >= 15 is 0 Å². The van der Waals surface area contributed by atoms with Gasteiger partial charge in [0.2, 0.25) is 5.91 Å². The zero-order valence-corrected chi connectivity index (χ0v) is 14.9. The molecule has 1 heterocycles. The molecule has 0 spiro atoms. The van der Waals surface area contributed by atoms with Crippen molar-refractivity contribution in [2.45, 2.75) is 49.7 Å². The van der Waals surface area contributed by atoms with E-state index in [9.17, 15) is 9.59 Å². The highest BCUT2D eigenvalue weighted by Crippen LogP contribution is 2.45. The second-order valence-corrected chi connectivity index (χ2v) is 7.63. The van der Waals surface area contributed by atoms with Gasteiger partial charge in [0.1, 0.15) is 5.82 Å². The van der Waals surface area contributed by atoms with Crippen molar-refractivity contribution in [3.63, 3.8) is 0 Å². The van der Waals surface area contributed by atoms with Crippen molar-refractivity contribution >= 4 is 29.1 Å². The van der Waals surface area contributed by atoms with Crippen LogP contribution in [0.3, 0.4) is 0 Å².